The fourth-order valence-corrected chi connectivity index (χ4v) is 5.32. The van der Waals surface area contributed by atoms with Gasteiger partial charge in [0, 0.05) is 16.5 Å². The summed E-state index contributed by atoms with van der Waals surface area (Å²) in [5.74, 6) is -0.161. The van der Waals surface area contributed by atoms with Crippen molar-refractivity contribution in [1.29, 1.82) is 0 Å². The topological polar surface area (TPSA) is 137 Å². The Labute approximate surface area is 181 Å². The van der Waals surface area contributed by atoms with Crippen LogP contribution in [-0.4, -0.2) is 34.6 Å². The smallest absolute Gasteiger partial charge is 0.261 e. The van der Waals surface area contributed by atoms with E-state index in [0.717, 1.165) is 11.8 Å². The van der Waals surface area contributed by atoms with Gasteiger partial charge in [-0.05, 0) is 41.6 Å². The Hall–Kier alpha value is -3.57. The largest absolute Gasteiger partial charge is 0.506 e. The number of phenolic OH excluding ortho intramolecular Hbond substituents is 1. The summed E-state index contributed by atoms with van der Waals surface area (Å²) < 4.78 is 28.9. The number of fused-ring (bicyclic) bond motifs is 2. The molecule has 9 nitrogen and oxygen atoms in total. The molecule has 0 bridgehead atoms. The number of rotatable bonds is 5. The van der Waals surface area contributed by atoms with Gasteiger partial charge in [0.05, 0.1) is 21.9 Å². The van der Waals surface area contributed by atoms with Gasteiger partial charge < -0.3 is 10.4 Å². The molecular weight excluding hydrogens is 438 g/mol. The molecule has 0 unspecified atom stereocenters. The maximum Gasteiger partial charge on any atom is 0.261 e. The van der Waals surface area contributed by atoms with Crippen LogP contribution < -0.4 is 10.0 Å². The van der Waals surface area contributed by atoms with Crippen LogP contribution in [0, 0.1) is 0 Å². The lowest BCUT2D eigenvalue weighted by atomic mass is 10.1. The summed E-state index contributed by atoms with van der Waals surface area (Å²) in [7, 11) is -3.95. The zero-order valence-electron chi connectivity index (χ0n) is 15.8. The van der Waals surface area contributed by atoms with Crippen molar-refractivity contribution in [1.82, 2.24) is 15.2 Å². The predicted molar refractivity (Wildman–Crippen MR) is 116 cm³/mol. The number of aromatic nitrogens is 3. The van der Waals surface area contributed by atoms with Crippen molar-refractivity contribution >= 4 is 49.8 Å². The van der Waals surface area contributed by atoms with E-state index in [1.54, 1.807) is 36.4 Å². The Bertz CT molecular complexity index is 1440. The molecule has 1 aliphatic heterocycles. The first-order valence-electron chi connectivity index (χ1n) is 9.15. The van der Waals surface area contributed by atoms with Crippen LogP contribution >= 0.6 is 11.8 Å². The van der Waals surface area contributed by atoms with Gasteiger partial charge in [-0.25, -0.2) is 13.4 Å². The SMILES string of the molecule is O=C1Cc2cc(S(=O)(=O)Nc3cc(Sc4nc[nH]n4)c(O)c4ccccc34)ccc2N1. The Morgan fingerprint density at radius 3 is 2.68 bits per heavy atom. The number of phenols is 1. The molecule has 0 aliphatic carbocycles. The minimum atomic E-state index is -3.95. The van der Waals surface area contributed by atoms with Crippen molar-refractivity contribution < 1.29 is 18.3 Å². The number of amides is 1. The van der Waals surface area contributed by atoms with E-state index in [9.17, 15) is 18.3 Å². The van der Waals surface area contributed by atoms with Gasteiger partial charge in [0.15, 0.2) is 0 Å². The standard InChI is InChI=1S/C20H15N5O4S2/c26-18-8-11-7-12(5-6-15(11)23-18)31(28,29)25-16-9-17(30-20-21-10-22-24-20)19(27)14-4-2-1-3-13(14)16/h1-7,9-10,25,27H,8H2,(H,23,26)(H,21,22,24). The molecular formula is C20H15N5O4S2. The van der Waals surface area contributed by atoms with Gasteiger partial charge in [-0.15, -0.1) is 5.10 Å². The van der Waals surface area contributed by atoms with Crippen LogP contribution in [0.4, 0.5) is 11.4 Å². The Morgan fingerprint density at radius 1 is 1.10 bits per heavy atom. The van der Waals surface area contributed by atoms with Crippen molar-refractivity contribution in [2.45, 2.75) is 21.4 Å². The molecule has 1 aromatic heterocycles. The summed E-state index contributed by atoms with van der Waals surface area (Å²) in [4.78, 5) is 16.1. The highest BCUT2D eigenvalue weighted by Crippen LogP contribution is 2.42. The van der Waals surface area contributed by atoms with E-state index >= 15 is 0 Å². The van der Waals surface area contributed by atoms with Gasteiger partial charge in [-0.2, -0.15) is 0 Å². The summed E-state index contributed by atoms with van der Waals surface area (Å²) in [5.41, 5.74) is 1.55. The Kier molecular flexibility index (Phi) is 4.56. The summed E-state index contributed by atoms with van der Waals surface area (Å²) in [6.45, 7) is 0. The van der Waals surface area contributed by atoms with E-state index in [1.807, 2.05) is 0 Å². The third kappa shape index (κ3) is 3.57. The van der Waals surface area contributed by atoms with Gasteiger partial charge in [0.25, 0.3) is 10.0 Å². The number of H-pyrrole nitrogens is 1. The number of anilines is 2. The molecule has 0 saturated carbocycles. The Morgan fingerprint density at radius 2 is 1.90 bits per heavy atom. The van der Waals surface area contributed by atoms with Crippen LogP contribution in [0.2, 0.25) is 0 Å². The van der Waals surface area contributed by atoms with Gasteiger partial charge in [0.1, 0.15) is 12.1 Å². The first kappa shape index (κ1) is 19.4. The molecule has 2 heterocycles. The number of carbonyl (C=O) groups excluding carboxylic acids is 1. The molecule has 3 aromatic carbocycles. The third-order valence-corrected chi connectivity index (χ3v) is 7.11. The summed E-state index contributed by atoms with van der Waals surface area (Å²) in [6, 6.07) is 13.0. The third-order valence-electron chi connectivity index (χ3n) is 4.83. The maximum absolute atomic E-state index is 13.1. The second kappa shape index (κ2) is 7.29. The second-order valence-electron chi connectivity index (χ2n) is 6.85. The first-order valence-corrected chi connectivity index (χ1v) is 11.4. The predicted octanol–water partition coefficient (Wildman–Crippen LogP) is 3.11. The van der Waals surface area contributed by atoms with Crippen molar-refractivity contribution in [3.05, 3.63) is 60.4 Å². The summed E-state index contributed by atoms with van der Waals surface area (Å²) in [5, 5.41) is 21.4. The van der Waals surface area contributed by atoms with Crippen molar-refractivity contribution in [2.24, 2.45) is 0 Å². The quantitative estimate of drug-likeness (QED) is 0.341. The minimum absolute atomic E-state index is 0.00969. The number of nitrogens with zero attached hydrogens (tertiary/aromatic N) is 2. The number of aromatic amines is 1. The zero-order chi connectivity index (χ0) is 21.6. The molecule has 0 atom stereocenters. The lowest BCUT2D eigenvalue weighted by Crippen LogP contribution is -2.13. The van der Waals surface area contributed by atoms with Gasteiger partial charge in [0.2, 0.25) is 11.1 Å². The number of hydrogen-bond donors (Lipinski definition) is 4. The molecule has 4 N–H and O–H groups in total. The minimum Gasteiger partial charge on any atom is -0.506 e. The molecule has 156 valence electrons. The molecule has 0 fully saturated rings. The molecule has 5 rings (SSSR count). The second-order valence-corrected chi connectivity index (χ2v) is 9.54. The molecule has 0 spiro atoms. The van der Waals surface area contributed by atoms with Crippen LogP contribution in [0.5, 0.6) is 5.75 Å². The number of aromatic hydroxyl groups is 1. The maximum atomic E-state index is 13.1. The molecule has 0 radical (unpaired) electrons. The lowest BCUT2D eigenvalue weighted by molar-refractivity contribution is -0.115. The van der Waals surface area contributed by atoms with E-state index in [4.69, 9.17) is 0 Å². The number of hydrogen-bond acceptors (Lipinski definition) is 7. The highest BCUT2D eigenvalue weighted by molar-refractivity contribution is 7.99. The van der Waals surface area contributed by atoms with Crippen molar-refractivity contribution in [2.75, 3.05) is 10.0 Å². The van der Waals surface area contributed by atoms with E-state index in [0.29, 0.717) is 37.8 Å². The van der Waals surface area contributed by atoms with Gasteiger partial charge >= 0.3 is 0 Å². The van der Waals surface area contributed by atoms with Crippen LogP contribution in [0.15, 0.2) is 69.8 Å². The zero-order valence-corrected chi connectivity index (χ0v) is 17.4. The van der Waals surface area contributed by atoms with Gasteiger partial charge in [-0.3, -0.25) is 14.6 Å². The van der Waals surface area contributed by atoms with Crippen molar-refractivity contribution in [3.63, 3.8) is 0 Å². The van der Waals surface area contributed by atoms with E-state index in [2.05, 4.69) is 25.2 Å². The molecule has 1 amide bonds. The average molecular weight is 454 g/mol. The monoisotopic (exact) mass is 453 g/mol. The van der Waals surface area contributed by atoms with Crippen molar-refractivity contribution in [3.8, 4) is 5.75 Å². The fraction of sp³-hybridized carbons (Fsp3) is 0.0500. The van der Waals surface area contributed by atoms with E-state index in [-0.39, 0.29) is 23.0 Å². The first-order chi connectivity index (χ1) is 14.9. The number of benzene rings is 3. The van der Waals surface area contributed by atoms with Crippen LogP contribution in [0.1, 0.15) is 5.56 Å². The van der Waals surface area contributed by atoms with Crippen LogP contribution in [-0.2, 0) is 21.2 Å². The Balaban J connectivity index is 1.57. The van der Waals surface area contributed by atoms with Gasteiger partial charge in [-0.1, -0.05) is 24.3 Å². The number of sulfonamides is 1. The highest BCUT2D eigenvalue weighted by atomic mass is 32.2. The summed E-state index contributed by atoms with van der Waals surface area (Å²) >= 11 is 1.10. The fourth-order valence-electron chi connectivity index (χ4n) is 3.42. The normalized spacial score (nSPS) is 13.2. The average Bonchev–Trinajstić information content (AvgIpc) is 3.39. The molecule has 11 heteroatoms. The molecule has 1 aliphatic rings. The van der Waals surface area contributed by atoms with E-state index in [1.165, 1.54) is 18.5 Å². The van der Waals surface area contributed by atoms with Crippen LogP contribution in [0.3, 0.4) is 0 Å². The molecule has 0 saturated heterocycles. The highest BCUT2D eigenvalue weighted by Gasteiger charge is 2.23. The van der Waals surface area contributed by atoms with Crippen LogP contribution in [0.25, 0.3) is 10.8 Å². The molecule has 4 aromatic rings. The molecule has 31 heavy (non-hydrogen) atoms. The summed E-state index contributed by atoms with van der Waals surface area (Å²) in [6.07, 6.45) is 1.55. The lowest BCUT2D eigenvalue weighted by Gasteiger charge is -2.14. The van der Waals surface area contributed by atoms with E-state index < -0.39 is 10.0 Å². The number of nitrogens with one attached hydrogen (secondary N) is 3. The number of carbonyl (C=O) groups is 1.